The summed E-state index contributed by atoms with van der Waals surface area (Å²) < 4.78 is 26.3. The molecule has 0 saturated carbocycles. The highest BCUT2D eigenvalue weighted by molar-refractivity contribution is 7.90. The highest BCUT2D eigenvalue weighted by Crippen LogP contribution is 2.35. The van der Waals surface area contributed by atoms with Crippen molar-refractivity contribution in [3.63, 3.8) is 0 Å². The molecule has 0 spiro atoms. The molecule has 2 N–H and O–H groups in total. The maximum atomic E-state index is 13.2. The third kappa shape index (κ3) is 6.12. The van der Waals surface area contributed by atoms with E-state index in [2.05, 4.69) is 15.7 Å². The summed E-state index contributed by atoms with van der Waals surface area (Å²) in [5, 5.41) is 14.8. The van der Waals surface area contributed by atoms with Crippen LogP contribution in [-0.2, 0) is 24.8 Å². The van der Waals surface area contributed by atoms with Crippen LogP contribution in [0.4, 0.5) is 5.69 Å². The van der Waals surface area contributed by atoms with Crippen LogP contribution in [0.2, 0.25) is 0 Å². The molecule has 3 aromatic rings. The van der Waals surface area contributed by atoms with Crippen LogP contribution >= 0.6 is 0 Å². The summed E-state index contributed by atoms with van der Waals surface area (Å²) in [4.78, 5) is 37.4. The Morgan fingerprint density at radius 2 is 1.66 bits per heavy atom. The number of anilines is 1. The average molecular weight is 545 g/mol. The Bertz CT molecular complexity index is 1540. The van der Waals surface area contributed by atoms with Crippen molar-refractivity contribution >= 4 is 38.9 Å². The van der Waals surface area contributed by atoms with E-state index in [4.69, 9.17) is 5.10 Å². The average Bonchev–Trinajstić information content (AvgIpc) is 3.33. The maximum Gasteiger partial charge on any atom is 0.246 e. The number of sulfone groups is 1. The predicted molar refractivity (Wildman–Crippen MR) is 146 cm³/mol. The second-order valence-electron chi connectivity index (χ2n) is 10.9. The largest absolute Gasteiger partial charge is 0.345 e. The molecule has 2 heterocycles. The molecule has 1 unspecified atom stereocenters. The quantitative estimate of drug-likeness (QED) is 0.465. The van der Waals surface area contributed by atoms with E-state index in [1.807, 2.05) is 53.7 Å². The molecule has 0 fully saturated rings. The number of carbonyl (C=O) groups excluding carboxylic acids is 3. The Kier molecular flexibility index (Phi) is 7.88. The molecule has 206 valence electrons. The molecule has 0 saturated heterocycles. The van der Waals surface area contributed by atoms with Gasteiger partial charge in [0, 0.05) is 42.8 Å². The van der Waals surface area contributed by atoms with E-state index in [1.54, 1.807) is 4.52 Å². The van der Waals surface area contributed by atoms with Crippen LogP contribution in [0.5, 0.6) is 0 Å². The highest BCUT2D eigenvalue weighted by Gasteiger charge is 2.27. The second kappa shape index (κ2) is 10.3. The van der Waals surface area contributed by atoms with Crippen LogP contribution < -0.4 is 10.6 Å². The van der Waals surface area contributed by atoms with E-state index in [1.165, 1.54) is 18.5 Å². The number of aryl methyl sites for hydroxylation is 2. The second-order valence-corrected chi connectivity index (χ2v) is 13.1. The van der Waals surface area contributed by atoms with Crippen molar-refractivity contribution in [1.82, 2.24) is 24.7 Å². The lowest BCUT2D eigenvalue weighted by Crippen LogP contribution is -2.44. The zero-order chi connectivity index (χ0) is 28.7. The summed E-state index contributed by atoms with van der Waals surface area (Å²) in [6.07, 6.45) is 1.02. The monoisotopic (exact) mass is 544 g/mol. The normalized spacial score (nSPS) is 13.0. The Labute approximate surface area is 222 Å². The molecule has 0 bridgehead atoms. The molecule has 0 aliphatic carbocycles. The zero-order valence-corrected chi connectivity index (χ0v) is 24.2. The predicted octanol–water partition coefficient (Wildman–Crippen LogP) is 2.96. The number of rotatable bonds is 7. The summed E-state index contributed by atoms with van der Waals surface area (Å²) in [6, 6.07) is 2.71. The Hall–Kier alpha value is -3.54. The molecule has 2 aromatic heterocycles. The van der Waals surface area contributed by atoms with Gasteiger partial charge in [-0.1, -0.05) is 26.8 Å². The summed E-state index contributed by atoms with van der Waals surface area (Å²) in [5.74, 6) is -1.04. The summed E-state index contributed by atoms with van der Waals surface area (Å²) in [5.41, 5.74) is 4.64. The van der Waals surface area contributed by atoms with Gasteiger partial charge in [-0.2, -0.15) is 14.3 Å². The van der Waals surface area contributed by atoms with Crippen LogP contribution in [0.1, 0.15) is 68.2 Å². The van der Waals surface area contributed by atoms with Crippen molar-refractivity contribution in [3.8, 4) is 11.4 Å². The number of nitrogens with zero attached hydrogens (tertiary/aromatic N) is 4. The van der Waals surface area contributed by atoms with E-state index in [-0.39, 0.29) is 23.5 Å². The van der Waals surface area contributed by atoms with Crippen LogP contribution in [0.3, 0.4) is 0 Å². The van der Waals surface area contributed by atoms with Gasteiger partial charge >= 0.3 is 0 Å². The number of aromatic nitrogens is 4. The molecular weight excluding hydrogens is 508 g/mol. The highest BCUT2D eigenvalue weighted by atomic mass is 32.2. The zero-order valence-electron chi connectivity index (χ0n) is 23.4. The number of nitrogens with one attached hydrogen (secondary N) is 2. The first kappa shape index (κ1) is 29.0. The number of amides is 2. The molecule has 1 atom stereocenters. The molecule has 0 aliphatic heterocycles. The van der Waals surface area contributed by atoms with E-state index >= 15 is 0 Å². The first-order chi connectivity index (χ1) is 17.4. The summed E-state index contributed by atoms with van der Waals surface area (Å²) in [6.45, 7) is 14.4. The number of fused-ring (bicyclic) bond motifs is 1. The first-order valence-corrected chi connectivity index (χ1v) is 14.3. The van der Waals surface area contributed by atoms with Crippen molar-refractivity contribution < 1.29 is 22.8 Å². The van der Waals surface area contributed by atoms with Gasteiger partial charge in [0.05, 0.1) is 11.4 Å². The van der Waals surface area contributed by atoms with E-state index in [0.717, 1.165) is 23.1 Å². The van der Waals surface area contributed by atoms with E-state index < -0.39 is 27.7 Å². The third-order valence-corrected chi connectivity index (χ3v) is 7.26. The minimum Gasteiger partial charge on any atom is -0.345 e. The number of hydrogen-bond donors (Lipinski definition) is 2. The summed E-state index contributed by atoms with van der Waals surface area (Å²) in [7, 11) is -3.34. The van der Waals surface area contributed by atoms with E-state index in [0.29, 0.717) is 28.3 Å². The molecule has 0 radical (unpaired) electrons. The van der Waals surface area contributed by atoms with Gasteiger partial charge in [-0.3, -0.25) is 14.4 Å². The van der Waals surface area contributed by atoms with Crippen molar-refractivity contribution in [3.05, 3.63) is 34.5 Å². The molecular formula is C26H36N6O5S. The van der Waals surface area contributed by atoms with Gasteiger partial charge in [-0.15, -0.1) is 5.10 Å². The van der Waals surface area contributed by atoms with Crippen LogP contribution in [0.15, 0.2) is 12.1 Å². The molecule has 11 nitrogen and oxygen atoms in total. The van der Waals surface area contributed by atoms with Gasteiger partial charge in [0.25, 0.3) is 0 Å². The third-order valence-electron chi connectivity index (χ3n) is 6.28. The van der Waals surface area contributed by atoms with Gasteiger partial charge in [-0.05, 0) is 43.9 Å². The SMILES string of the molecule is CC(=O)NC(CCS(C)(=O)=O)C(=O)Nc1c(C)cc(C)c(-c2nn(C(C)=O)c3cc(C(C)(C)C)nn23)c1C. The number of carbonyl (C=O) groups is 3. The van der Waals surface area contributed by atoms with Crippen LogP contribution in [-0.4, -0.2) is 63.6 Å². The van der Waals surface area contributed by atoms with Crippen LogP contribution in [0, 0.1) is 20.8 Å². The fraction of sp³-hybridized carbons (Fsp3) is 0.500. The lowest BCUT2D eigenvalue weighted by atomic mass is 9.93. The fourth-order valence-electron chi connectivity index (χ4n) is 4.40. The fourth-order valence-corrected chi connectivity index (χ4v) is 5.06. The van der Waals surface area contributed by atoms with Gasteiger partial charge in [-0.25, -0.2) is 8.42 Å². The van der Waals surface area contributed by atoms with E-state index in [9.17, 15) is 22.8 Å². The van der Waals surface area contributed by atoms with Gasteiger partial charge in [0.1, 0.15) is 15.9 Å². The van der Waals surface area contributed by atoms with Crippen LogP contribution in [0.25, 0.3) is 17.0 Å². The number of hydrogen-bond acceptors (Lipinski definition) is 7. The van der Waals surface area contributed by atoms with Gasteiger partial charge in [0.15, 0.2) is 11.5 Å². The van der Waals surface area contributed by atoms with Gasteiger partial charge in [0.2, 0.25) is 17.7 Å². The molecule has 1 aromatic carbocycles. The summed E-state index contributed by atoms with van der Waals surface area (Å²) >= 11 is 0. The van der Waals surface area contributed by atoms with Gasteiger partial charge < -0.3 is 10.6 Å². The Balaban J connectivity index is 2.13. The lowest BCUT2D eigenvalue weighted by Gasteiger charge is -2.21. The Morgan fingerprint density at radius 1 is 1.03 bits per heavy atom. The van der Waals surface area contributed by atoms with Crippen molar-refractivity contribution in [1.29, 1.82) is 0 Å². The molecule has 0 aliphatic rings. The minimum atomic E-state index is -3.34. The number of benzene rings is 1. The molecule has 12 heteroatoms. The minimum absolute atomic E-state index is 0.0619. The molecule has 38 heavy (non-hydrogen) atoms. The topological polar surface area (TPSA) is 145 Å². The Morgan fingerprint density at radius 3 is 2.18 bits per heavy atom. The van der Waals surface area contributed by atoms with Crippen molar-refractivity contribution in [2.75, 3.05) is 17.3 Å². The molecule has 2 amide bonds. The standard InChI is InChI=1S/C26H36N6O5S/c1-14-12-15(2)23(28-25(35)19(27-17(4)33)10-11-38(9,36)37)16(3)22(14)24-30-31(18(5)34)21-13-20(26(6,7)8)29-32(21)24/h12-13,19H,10-11H2,1-9H3,(H,27,33)(H,28,35). The molecule has 3 rings (SSSR count). The van der Waals surface area contributed by atoms with Crippen molar-refractivity contribution in [2.24, 2.45) is 0 Å². The smallest absolute Gasteiger partial charge is 0.246 e. The first-order valence-electron chi connectivity index (χ1n) is 12.3. The van der Waals surface area contributed by atoms with Crippen molar-refractivity contribution in [2.45, 2.75) is 73.3 Å². The lowest BCUT2D eigenvalue weighted by molar-refractivity contribution is -0.125. The maximum absolute atomic E-state index is 13.2.